The first kappa shape index (κ1) is 8.65. The monoisotopic (exact) mass is 220 g/mol. The van der Waals surface area contributed by atoms with E-state index in [1.54, 1.807) is 13.8 Å². The standard InChI is InChI=1S/C8H7BrF2/c1-4-6(10)3-7(11)5(2)8(4)9/h3H,1-2H3. The average molecular weight is 221 g/mol. The zero-order chi connectivity index (χ0) is 8.59. The maximum Gasteiger partial charge on any atom is 0.130 e. The number of hydrogen-bond donors (Lipinski definition) is 0. The van der Waals surface area contributed by atoms with Crippen LogP contribution in [-0.2, 0) is 0 Å². The Morgan fingerprint density at radius 1 is 1.09 bits per heavy atom. The minimum atomic E-state index is -0.514. The molecule has 0 fully saturated rings. The van der Waals surface area contributed by atoms with Crippen molar-refractivity contribution in [3.05, 3.63) is 33.3 Å². The summed E-state index contributed by atoms with van der Waals surface area (Å²) in [6.07, 6.45) is 0. The fraction of sp³-hybridized carbons (Fsp3) is 0.250. The summed E-state index contributed by atoms with van der Waals surface area (Å²) in [6, 6.07) is 0.898. The predicted molar refractivity (Wildman–Crippen MR) is 43.5 cm³/mol. The normalized spacial score (nSPS) is 10.3. The molecule has 0 radical (unpaired) electrons. The Hall–Kier alpha value is -0.440. The van der Waals surface area contributed by atoms with Gasteiger partial charge in [-0.1, -0.05) is 15.9 Å². The summed E-state index contributed by atoms with van der Waals surface area (Å²) in [7, 11) is 0. The highest BCUT2D eigenvalue weighted by Gasteiger charge is 2.09. The third-order valence-corrected chi connectivity index (χ3v) is 2.82. The molecule has 3 heteroatoms. The van der Waals surface area contributed by atoms with E-state index >= 15 is 0 Å². The third-order valence-electron chi connectivity index (χ3n) is 1.63. The molecule has 0 aliphatic heterocycles. The van der Waals surface area contributed by atoms with Crippen LogP contribution < -0.4 is 0 Å². The van der Waals surface area contributed by atoms with Gasteiger partial charge in [-0.05, 0) is 25.0 Å². The van der Waals surface area contributed by atoms with E-state index in [1.807, 2.05) is 0 Å². The molecule has 1 rings (SSSR count). The van der Waals surface area contributed by atoms with E-state index in [4.69, 9.17) is 0 Å². The van der Waals surface area contributed by atoms with Crippen molar-refractivity contribution in [2.45, 2.75) is 13.8 Å². The van der Waals surface area contributed by atoms with Crippen molar-refractivity contribution in [3.63, 3.8) is 0 Å². The molecule has 0 saturated carbocycles. The van der Waals surface area contributed by atoms with E-state index in [1.165, 1.54) is 0 Å². The molecule has 0 aliphatic rings. The molecule has 0 spiro atoms. The molecular formula is C8H7BrF2. The van der Waals surface area contributed by atoms with Gasteiger partial charge < -0.3 is 0 Å². The van der Waals surface area contributed by atoms with E-state index in [0.717, 1.165) is 6.07 Å². The summed E-state index contributed by atoms with van der Waals surface area (Å²) < 4.78 is 26.0. The second kappa shape index (κ2) is 2.89. The minimum Gasteiger partial charge on any atom is -0.207 e. The summed E-state index contributed by atoms with van der Waals surface area (Å²) >= 11 is 3.10. The lowest BCUT2D eigenvalue weighted by Gasteiger charge is -2.04. The second-order valence-corrected chi connectivity index (χ2v) is 3.20. The highest BCUT2D eigenvalue weighted by atomic mass is 79.9. The lowest BCUT2D eigenvalue weighted by atomic mass is 10.1. The zero-order valence-corrected chi connectivity index (χ0v) is 7.80. The van der Waals surface area contributed by atoms with Crippen molar-refractivity contribution >= 4 is 15.9 Å². The Bertz CT molecular complexity index is 268. The van der Waals surface area contributed by atoms with Crippen molar-refractivity contribution in [1.82, 2.24) is 0 Å². The van der Waals surface area contributed by atoms with Gasteiger partial charge in [0.05, 0.1) is 0 Å². The summed E-state index contributed by atoms with van der Waals surface area (Å²) in [5.41, 5.74) is 0.896. The van der Waals surface area contributed by atoms with Gasteiger partial charge in [0.2, 0.25) is 0 Å². The fourth-order valence-corrected chi connectivity index (χ4v) is 1.20. The van der Waals surface area contributed by atoms with Gasteiger partial charge >= 0.3 is 0 Å². The lowest BCUT2D eigenvalue weighted by molar-refractivity contribution is 0.569. The van der Waals surface area contributed by atoms with Crippen LogP contribution in [0.3, 0.4) is 0 Å². The van der Waals surface area contributed by atoms with Crippen LogP contribution in [0.1, 0.15) is 11.1 Å². The molecule has 0 amide bonds. The van der Waals surface area contributed by atoms with E-state index in [-0.39, 0.29) is 0 Å². The minimum absolute atomic E-state index is 0.448. The van der Waals surface area contributed by atoms with Crippen LogP contribution in [0.5, 0.6) is 0 Å². The number of rotatable bonds is 0. The van der Waals surface area contributed by atoms with Gasteiger partial charge in [0.25, 0.3) is 0 Å². The maximum absolute atomic E-state index is 12.8. The molecule has 60 valence electrons. The molecular weight excluding hydrogens is 214 g/mol. The molecule has 0 heterocycles. The summed E-state index contributed by atoms with van der Waals surface area (Å²) in [6.45, 7) is 3.21. The predicted octanol–water partition coefficient (Wildman–Crippen LogP) is 3.34. The lowest BCUT2D eigenvalue weighted by Crippen LogP contribution is -1.91. The first-order valence-electron chi connectivity index (χ1n) is 3.14. The summed E-state index contributed by atoms with van der Waals surface area (Å²) in [5, 5.41) is 0. The first-order valence-corrected chi connectivity index (χ1v) is 3.94. The highest BCUT2D eigenvalue weighted by molar-refractivity contribution is 9.10. The molecule has 0 aromatic heterocycles. The quantitative estimate of drug-likeness (QED) is 0.630. The van der Waals surface area contributed by atoms with E-state index < -0.39 is 11.6 Å². The molecule has 0 N–H and O–H groups in total. The van der Waals surface area contributed by atoms with E-state index in [2.05, 4.69) is 15.9 Å². The number of hydrogen-bond acceptors (Lipinski definition) is 0. The fourth-order valence-electron chi connectivity index (χ4n) is 0.819. The van der Waals surface area contributed by atoms with Crippen molar-refractivity contribution in [3.8, 4) is 0 Å². The van der Waals surface area contributed by atoms with Gasteiger partial charge in [0.1, 0.15) is 11.6 Å². The maximum atomic E-state index is 12.8. The third kappa shape index (κ3) is 1.43. The van der Waals surface area contributed by atoms with Crippen LogP contribution in [0.4, 0.5) is 8.78 Å². The highest BCUT2D eigenvalue weighted by Crippen LogP contribution is 2.25. The molecule has 0 aliphatic carbocycles. The summed E-state index contributed by atoms with van der Waals surface area (Å²) in [4.78, 5) is 0. The first-order chi connectivity index (χ1) is 5.04. The average Bonchev–Trinajstić information content (AvgIpc) is 1.97. The Morgan fingerprint density at radius 3 is 1.82 bits per heavy atom. The van der Waals surface area contributed by atoms with Crippen LogP contribution in [0.25, 0.3) is 0 Å². The van der Waals surface area contributed by atoms with Gasteiger partial charge in [0.15, 0.2) is 0 Å². The Kier molecular flexibility index (Phi) is 2.28. The molecule has 0 atom stereocenters. The van der Waals surface area contributed by atoms with Crippen molar-refractivity contribution < 1.29 is 8.78 Å². The molecule has 0 bridgehead atoms. The zero-order valence-electron chi connectivity index (χ0n) is 6.21. The Morgan fingerprint density at radius 2 is 1.45 bits per heavy atom. The van der Waals surface area contributed by atoms with Gasteiger partial charge in [-0.3, -0.25) is 0 Å². The second-order valence-electron chi connectivity index (χ2n) is 2.40. The van der Waals surface area contributed by atoms with Gasteiger partial charge in [0, 0.05) is 10.5 Å². The SMILES string of the molecule is Cc1c(F)cc(F)c(C)c1Br. The number of halogens is 3. The molecule has 0 saturated heterocycles. The van der Waals surface area contributed by atoms with Crippen LogP contribution in [0, 0.1) is 25.5 Å². The smallest absolute Gasteiger partial charge is 0.130 e. The van der Waals surface area contributed by atoms with Gasteiger partial charge in [-0.2, -0.15) is 0 Å². The van der Waals surface area contributed by atoms with Crippen LogP contribution in [0.15, 0.2) is 10.5 Å². The molecule has 0 nitrogen and oxygen atoms in total. The molecule has 11 heavy (non-hydrogen) atoms. The molecule has 1 aromatic carbocycles. The van der Waals surface area contributed by atoms with E-state index in [0.29, 0.717) is 15.6 Å². The van der Waals surface area contributed by atoms with Gasteiger partial charge in [-0.15, -0.1) is 0 Å². The van der Waals surface area contributed by atoms with Crippen LogP contribution in [-0.4, -0.2) is 0 Å². The van der Waals surface area contributed by atoms with E-state index in [9.17, 15) is 8.78 Å². The molecule has 1 aromatic rings. The van der Waals surface area contributed by atoms with Crippen molar-refractivity contribution in [2.75, 3.05) is 0 Å². The van der Waals surface area contributed by atoms with Crippen molar-refractivity contribution in [1.29, 1.82) is 0 Å². The van der Waals surface area contributed by atoms with Crippen molar-refractivity contribution in [2.24, 2.45) is 0 Å². The molecule has 0 unspecified atom stereocenters. The summed E-state index contributed by atoms with van der Waals surface area (Å²) in [5.74, 6) is -1.03. The Labute approximate surface area is 72.4 Å². The Balaban J connectivity index is 3.46. The van der Waals surface area contributed by atoms with Crippen LogP contribution in [0.2, 0.25) is 0 Å². The largest absolute Gasteiger partial charge is 0.207 e. The van der Waals surface area contributed by atoms with Gasteiger partial charge in [-0.25, -0.2) is 8.78 Å². The van der Waals surface area contributed by atoms with Crippen LogP contribution >= 0.6 is 15.9 Å². The topological polar surface area (TPSA) is 0 Å². The number of benzene rings is 1.